The van der Waals surface area contributed by atoms with Gasteiger partial charge in [-0.1, -0.05) is 56.0 Å². The van der Waals surface area contributed by atoms with Gasteiger partial charge in [-0.3, -0.25) is 14.4 Å². The van der Waals surface area contributed by atoms with E-state index in [9.17, 15) is 24.4 Å². The van der Waals surface area contributed by atoms with Gasteiger partial charge in [-0.25, -0.2) is 14.8 Å². The summed E-state index contributed by atoms with van der Waals surface area (Å²) in [6.07, 6.45) is 6.44. The highest BCUT2D eigenvalue weighted by Crippen LogP contribution is 2.33. The number of carbonyl (C=O) groups is 4. The van der Waals surface area contributed by atoms with Gasteiger partial charge in [0.25, 0.3) is 17.5 Å². The van der Waals surface area contributed by atoms with Crippen LogP contribution in [0.2, 0.25) is 0 Å². The fourth-order valence-corrected chi connectivity index (χ4v) is 8.40. The predicted octanol–water partition coefficient (Wildman–Crippen LogP) is 6.72. The second-order valence-corrected chi connectivity index (χ2v) is 15.5. The van der Waals surface area contributed by atoms with Crippen molar-refractivity contribution >= 4 is 78.4 Å². The highest BCUT2D eigenvalue weighted by atomic mass is 16.5. The zero-order valence-electron chi connectivity index (χ0n) is 36.6. The average Bonchev–Trinajstić information content (AvgIpc) is 4.04. The van der Waals surface area contributed by atoms with Gasteiger partial charge in [0.1, 0.15) is 35.3 Å². The predicted molar refractivity (Wildman–Crippen MR) is 260 cm³/mol. The number of pyridine rings is 2. The average molecular weight is 913 g/mol. The fourth-order valence-electron chi connectivity index (χ4n) is 8.40. The van der Waals surface area contributed by atoms with E-state index in [0.29, 0.717) is 70.6 Å². The highest BCUT2D eigenvalue weighted by Gasteiger charge is 2.31. The van der Waals surface area contributed by atoms with E-state index in [1.54, 1.807) is 23.2 Å². The Kier molecular flexibility index (Phi) is 14.6. The number of nitriles is 2. The number of H-pyrrole nitrogens is 2. The van der Waals surface area contributed by atoms with Crippen molar-refractivity contribution in [2.45, 2.75) is 7.43 Å². The third-order valence-corrected chi connectivity index (χ3v) is 11.7. The molecule has 8 aromatic rings. The van der Waals surface area contributed by atoms with Gasteiger partial charge in [-0.2, -0.15) is 10.5 Å². The summed E-state index contributed by atoms with van der Waals surface area (Å²) in [5.74, 6) is -0.994. The summed E-state index contributed by atoms with van der Waals surface area (Å²) in [5, 5.41) is 35.9. The van der Waals surface area contributed by atoms with E-state index in [2.05, 4.69) is 71.5 Å². The largest absolute Gasteiger partial charge is 0.496 e. The molecule has 68 heavy (non-hydrogen) atoms. The van der Waals surface area contributed by atoms with Crippen molar-refractivity contribution in [3.05, 3.63) is 132 Å². The van der Waals surface area contributed by atoms with Crippen LogP contribution in [-0.4, -0.2) is 120 Å². The number of carboxylic acid groups (broad SMARTS) is 1. The first-order valence-electron chi connectivity index (χ1n) is 21.3. The Labute approximate surface area is 391 Å². The Hall–Kier alpha value is -8.80. The molecule has 2 aliphatic heterocycles. The molecule has 10 rings (SSSR count). The molecule has 17 heteroatoms. The summed E-state index contributed by atoms with van der Waals surface area (Å²) in [5.41, 5.74) is 1.76. The third-order valence-electron chi connectivity index (χ3n) is 11.7. The number of carbonyl (C=O) groups excluding carboxylic acids is 3. The number of carboxylic acids is 1. The second-order valence-electron chi connectivity index (χ2n) is 15.5. The van der Waals surface area contributed by atoms with Crippen LogP contribution in [0.25, 0.3) is 43.4 Å². The Bertz CT molecular complexity index is 3250. The van der Waals surface area contributed by atoms with Crippen LogP contribution in [0.5, 0.6) is 11.5 Å². The molecule has 17 nitrogen and oxygen atoms in total. The number of hydrogen-bond acceptors (Lipinski definition) is 13. The van der Waals surface area contributed by atoms with Crippen molar-refractivity contribution in [1.82, 2.24) is 30.2 Å². The minimum atomic E-state index is -1.56. The molecule has 344 valence electrons. The first-order chi connectivity index (χ1) is 32.7. The van der Waals surface area contributed by atoms with Crippen LogP contribution in [0.15, 0.2) is 110 Å². The summed E-state index contributed by atoms with van der Waals surface area (Å²) in [6.45, 7) is 6.17. The van der Waals surface area contributed by atoms with Gasteiger partial charge in [-0.15, -0.1) is 0 Å². The van der Waals surface area contributed by atoms with Gasteiger partial charge < -0.3 is 44.6 Å². The lowest BCUT2D eigenvalue weighted by Crippen LogP contribution is -2.50. The maximum atomic E-state index is 13.1. The normalized spacial score (nSPS) is 13.3. The molecule has 2 saturated heterocycles. The molecule has 4 N–H and O–H groups in total. The van der Waals surface area contributed by atoms with Gasteiger partial charge in [-0.05, 0) is 47.2 Å². The summed E-state index contributed by atoms with van der Waals surface area (Å²) < 4.78 is 10.5. The Morgan fingerprint density at radius 3 is 1.53 bits per heavy atom. The molecule has 2 fully saturated rings. The van der Waals surface area contributed by atoms with Gasteiger partial charge in [0.15, 0.2) is 0 Å². The number of anilines is 2. The molecular formula is C51H48N10O7. The van der Waals surface area contributed by atoms with Crippen molar-refractivity contribution in [1.29, 1.82) is 10.5 Å². The van der Waals surface area contributed by atoms with Crippen molar-refractivity contribution < 1.29 is 33.8 Å². The van der Waals surface area contributed by atoms with E-state index < -0.39 is 23.4 Å². The monoisotopic (exact) mass is 912 g/mol. The number of aromatic nitrogens is 4. The molecule has 0 spiro atoms. The first kappa shape index (κ1) is 47.2. The number of hydrogen-bond donors (Lipinski definition) is 4. The van der Waals surface area contributed by atoms with Crippen LogP contribution in [0.4, 0.5) is 11.6 Å². The van der Waals surface area contributed by atoms with Gasteiger partial charge in [0, 0.05) is 87.9 Å². The Morgan fingerprint density at radius 2 is 1.07 bits per heavy atom. The molecule has 2 aliphatic rings. The highest BCUT2D eigenvalue weighted by molar-refractivity contribution is 6.45. The van der Waals surface area contributed by atoms with E-state index in [1.807, 2.05) is 42.6 Å². The maximum absolute atomic E-state index is 13.1. The number of rotatable bonds is 8. The number of piperazine rings is 2. The zero-order valence-corrected chi connectivity index (χ0v) is 36.6. The van der Waals surface area contributed by atoms with Gasteiger partial charge >= 0.3 is 5.97 Å². The van der Waals surface area contributed by atoms with Crippen molar-refractivity contribution in [2.24, 2.45) is 0 Å². The lowest BCUT2D eigenvalue weighted by molar-refractivity contribution is -0.131. The summed E-state index contributed by atoms with van der Waals surface area (Å²) in [7, 11) is 2.90. The number of ether oxygens (including phenoxy) is 2. The quantitative estimate of drug-likeness (QED) is 0.0915. The van der Waals surface area contributed by atoms with E-state index in [-0.39, 0.29) is 18.6 Å². The number of benzene rings is 4. The molecule has 4 aromatic heterocycles. The van der Waals surface area contributed by atoms with E-state index in [0.717, 1.165) is 48.6 Å². The Morgan fingerprint density at radius 1 is 0.618 bits per heavy atom. The third kappa shape index (κ3) is 9.32. The first-order valence-corrected chi connectivity index (χ1v) is 21.3. The molecule has 6 heterocycles. The van der Waals surface area contributed by atoms with E-state index in [4.69, 9.17) is 19.8 Å². The molecule has 0 radical (unpaired) electrons. The Balaban J connectivity index is 0.000000165. The van der Waals surface area contributed by atoms with E-state index in [1.165, 1.54) is 49.5 Å². The van der Waals surface area contributed by atoms with E-state index >= 15 is 0 Å². The van der Waals surface area contributed by atoms with Crippen molar-refractivity contribution in [3.63, 3.8) is 0 Å². The number of ketones is 2. The molecular weight excluding hydrogens is 865 g/mol. The molecule has 0 aliphatic carbocycles. The molecule has 0 atom stereocenters. The molecule has 0 bridgehead atoms. The molecule has 0 saturated carbocycles. The number of amides is 1. The second kappa shape index (κ2) is 21.0. The van der Waals surface area contributed by atoms with Crippen LogP contribution < -0.4 is 24.6 Å². The van der Waals surface area contributed by atoms with Crippen molar-refractivity contribution in [3.8, 4) is 23.6 Å². The van der Waals surface area contributed by atoms with Crippen LogP contribution in [0.1, 0.15) is 39.3 Å². The number of Topliss-reactive ketones (excluding diaryl/α,β-unsaturated/α-hetero) is 2. The lowest BCUT2D eigenvalue weighted by atomic mass is 10.0. The van der Waals surface area contributed by atoms with Crippen LogP contribution >= 0.6 is 0 Å². The number of nitrogens with one attached hydrogen (secondary N) is 3. The SMILES string of the molecule is C.COc1ccc(C#N)c2[nH]cc(C(=O)C(=O)N3CCN(c4nccc5ccccc45)CC3)c12.COc1ccc(C#N)c2[nH]cc(C(=O)C(=O)O)c12.c1ccc2c(N3CCNCC3)nccc2c1. The maximum Gasteiger partial charge on any atom is 0.377 e. The summed E-state index contributed by atoms with van der Waals surface area (Å²) in [4.78, 5) is 69.3. The van der Waals surface area contributed by atoms with Gasteiger partial charge in [0.05, 0.1) is 58.3 Å². The number of aromatic amines is 2. The number of nitrogens with zero attached hydrogens (tertiary/aromatic N) is 7. The number of aliphatic carboxylic acids is 1. The standard InChI is InChI=1S/C25H21N5O3.C13H15N3.C12H8N2O4.CH4/c1-33-20-7-6-17(14-26)22-21(20)19(15-28-22)23(31)25(32)30-12-10-29(11-13-30)24-18-5-3-2-4-16(18)8-9-27-24;1-2-4-12-11(3-1)5-6-15-13(12)16-9-7-14-8-10-16;1-18-8-3-2-6(4-13)10-9(8)7(5-14-10)11(15)12(16)17;/h2-9,15,28H,10-13H2,1H3;1-6,14H,7-10H2;2-3,5,14H,1H3,(H,16,17);1H4. The summed E-state index contributed by atoms with van der Waals surface area (Å²) in [6, 6.07) is 30.9. The van der Waals surface area contributed by atoms with Crippen LogP contribution in [0, 0.1) is 22.7 Å². The number of fused-ring (bicyclic) bond motifs is 4. The smallest absolute Gasteiger partial charge is 0.377 e. The lowest BCUT2D eigenvalue weighted by Gasteiger charge is -2.35. The minimum Gasteiger partial charge on any atom is -0.496 e. The number of methoxy groups -OCH3 is 2. The molecule has 0 unspecified atom stereocenters. The summed E-state index contributed by atoms with van der Waals surface area (Å²) >= 11 is 0. The topological polar surface area (TPSA) is 234 Å². The van der Waals surface area contributed by atoms with Crippen LogP contribution in [-0.2, 0) is 9.59 Å². The van der Waals surface area contributed by atoms with Gasteiger partial charge in [0.2, 0.25) is 0 Å². The zero-order chi connectivity index (χ0) is 47.0. The molecule has 1 amide bonds. The minimum absolute atomic E-state index is 0. The fraction of sp³-hybridized carbons (Fsp3) is 0.216. The van der Waals surface area contributed by atoms with Crippen LogP contribution in [0.3, 0.4) is 0 Å². The molecule has 4 aromatic carbocycles. The van der Waals surface area contributed by atoms with Crippen molar-refractivity contribution in [2.75, 3.05) is 76.4 Å².